The molecule has 20 heavy (non-hydrogen) atoms. The van der Waals surface area contributed by atoms with Crippen LogP contribution in [0.4, 0.5) is 0 Å². The van der Waals surface area contributed by atoms with Crippen LogP contribution >= 0.6 is 11.3 Å². The molecule has 0 fully saturated rings. The zero-order valence-electron chi connectivity index (χ0n) is 11.4. The molecule has 0 spiro atoms. The van der Waals surface area contributed by atoms with Crippen LogP contribution in [0.5, 0.6) is 0 Å². The van der Waals surface area contributed by atoms with Gasteiger partial charge in [0, 0.05) is 10.9 Å². The monoisotopic (exact) mass is 292 g/mol. The molecule has 0 aliphatic carbocycles. The summed E-state index contributed by atoms with van der Waals surface area (Å²) in [5, 5.41) is 5.78. The van der Waals surface area contributed by atoms with Crippen molar-refractivity contribution in [3.63, 3.8) is 0 Å². The first-order chi connectivity index (χ1) is 9.60. The predicted octanol–water partition coefficient (Wildman–Crippen LogP) is 0.956. The van der Waals surface area contributed by atoms with E-state index in [2.05, 4.69) is 20.3 Å². The molecular formula is C13H16N4O2S. The Hall–Kier alpha value is -2.02. The molecule has 1 amide bonds. The minimum Gasteiger partial charge on any atom is -0.350 e. The number of aryl methyl sites for hydroxylation is 1. The third-order valence-electron chi connectivity index (χ3n) is 2.89. The van der Waals surface area contributed by atoms with Crippen molar-refractivity contribution in [1.29, 1.82) is 0 Å². The molecule has 0 bridgehead atoms. The largest absolute Gasteiger partial charge is 0.350 e. The fourth-order valence-electron chi connectivity index (χ4n) is 1.68. The van der Waals surface area contributed by atoms with Crippen molar-refractivity contribution < 1.29 is 4.79 Å². The molecule has 0 saturated carbocycles. The molecule has 0 aliphatic heterocycles. The van der Waals surface area contributed by atoms with E-state index in [0.717, 1.165) is 17.1 Å². The van der Waals surface area contributed by atoms with Crippen LogP contribution in [-0.2, 0) is 24.2 Å². The van der Waals surface area contributed by atoms with Gasteiger partial charge in [-0.15, -0.1) is 11.3 Å². The van der Waals surface area contributed by atoms with Crippen LogP contribution in [0.2, 0.25) is 0 Å². The standard InChI is InChI=1S/C13H16N4O2S/c1-3-12-17-9(6-20-12)5-14-11(18)4-10-8(2)13(19)16-7-15-10/h6-7H,3-5H2,1-2H3,(H,14,18)(H,15,16,19). The highest BCUT2D eigenvalue weighted by atomic mass is 32.1. The Balaban J connectivity index is 1.92. The zero-order chi connectivity index (χ0) is 14.5. The van der Waals surface area contributed by atoms with Crippen molar-refractivity contribution in [2.24, 2.45) is 0 Å². The highest BCUT2D eigenvalue weighted by molar-refractivity contribution is 7.09. The molecule has 0 unspecified atom stereocenters. The van der Waals surface area contributed by atoms with E-state index < -0.39 is 0 Å². The molecule has 106 valence electrons. The van der Waals surface area contributed by atoms with Crippen molar-refractivity contribution in [3.8, 4) is 0 Å². The number of amides is 1. The smallest absolute Gasteiger partial charge is 0.253 e. The maximum Gasteiger partial charge on any atom is 0.253 e. The maximum atomic E-state index is 11.8. The summed E-state index contributed by atoms with van der Waals surface area (Å²) in [7, 11) is 0. The summed E-state index contributed by atoms with van der Waals surface area (Å²) in [6, 6.07) is 0. The second kappa shape index (κ2) is 6.42. The molecule has 0 atom stereocenters. The molecule has 0 aromatic carbocycles. The minimum absolute atomic E-state index is 0.0977. The number of aromatic amines is 1. The Bertz CT molecular complexity index is 662. The van der Waals surface area contributed by atoms with E-state index in [4.69, 9.17) is 0 Å². The SMILES string of the molecule is CCc1nc(CNC(=O)Cc2nc[nH]c(=O)c2C)cs1. The van der Waals surface area contributed by atoms with Crippen LogP contribution in [0.1, 0.15) is 28.9 Å². The normalized spacial score (nSPS) is 10.5. The third-order valence-corrected chi connectivity index (χ3v) is 3.93. The van der Waals surface area contributed by atoms with E-state index in [1.54, 1.807) is 18.3 Å². The molecule has 0 radical (unpaired) electrons. The second-order valence-electron chi connectivity index (χ2n) is 4.34. The van der Waals surface area contributed by atoms with Gasteiger partial charge in [0.15, 0.2) is 0 Å². The summed E-state index contributed by atoms with van der Waals surface area (Å²) >= 11 is 1.59. The predicted molar refractivity (Wildman–Crippen MR) is 76.6 cm³/mol. The topological polar surface area (TPSA) is 87.7 Å². The van der Waals surface area contributed by atoms with Crippen molar-refractivity contribution in [2.45, 2.75) is 33.2 Å². The van der Waals surface area contributed by atoms with Gasteiger partial charge in [0.25, 0.3) is 5.56 Å². The average molecular weight is 292 g/mol. The van der Waals surface area contributed by atoms with Crippen LogP contribution in [-0.4, -0.2) is 20.9 Å². The van der Waals surface area contributed by atoms with Gasteiger partial charge in [0.05, 0.1) is 35.7 Å². The van der Waals surface area contributed by atoms with Crippen molar-refractivity contribution in [3.05, 3.63) is 44.0 Å². The molecule has 6 nitrogen and oxygen atoms in total. The van der Waals surface area contributed by atoms with Gasteiger partial charge in [0.2, 0.25) is 5.91 Å². The number of rotatable bonds is 5. The molecule has 2 N–H and O–H groups in total. The number of nitrogens with one attached hydrogen (secondary N) is 2. The summed E-state index contributed by atoms with van der Waals surface area (Å²) in [5.41, 5.74) is 1.62. The number of carbonyl (C=O) groups is 1. The van der Waals surface area contributed by atoms with Gasteiger partial charge in [-0.05, 0) is 13.3 Å². The number of nitrogens with zero attached hydrogens (tertiary/aromatic N) is 2. The van der Waals surface area contributed by atoms with E-state index >= 15 is 0 Å². The lowest BCUT2D eigenvalue weighted by molar-refractivity contribution is -0.120. The van der Waals surface area contributed by atoms with Gasteiger partial charge in [-0.25, -0.2) is 9.97 Å². The van der Waals surface area contributed by atoms with Gasteiger partial charge in [-0.3, -0.25) is 9.59 Å². The lowest BCUT2D eigenvalue weighted by Crippen LogP contribution is -2.26. The first kappa shape index (κ1) is 14.4. The van der Waals surface area contributed by atoms with Crippen LogP contribution in [0, 0.1) is 6.92 Å². The Morgan fingerprint density at radius 1 is 1.50 bits per heavy atom. The van der Waals surface area contributed by atoms with E-state index in [1.165, 1.54) is 6.33 Å². The molecule has 2 rings (SSSR count). The number of H-pyrrole nitrogens is 1. The number of aromatic nitrogens is 3. The van der Waals surface area contributed by atoms with Gasteiger partial charge in [-0.1, -0.05) is 6.92 Å². The van der Waals surface area contributed by atoms with Gasteiger partial charge in [-0.2, -0.15) is 0 Å². The number of hydrogen-bond donors (Lipinski definition) is 2. The molecule has 0 aliphatic rings. The summed E-state index contributed by atoms with van der Waals surface area (Å²) in [6.45, 7) is 4.10. The van der Waals surface area contributed by atoms with Crippen LogP contribution in [0.3, 0.4) is 0 Å². The first-order valence-electron chi connectivity index (χ1n) is 6.33. The quantitative estimate of drug-likeness (QED) is 0.859. The highest BCUT2D eigenvalue weighted by Gasteiger charge is 2.10. The molecule has 0 saturated heterocycles. The number of hydrogen-bond acceptors (Lipinski definition) is 5. The molecule has 2 aromatic rings. The Kier molecular flexibility index (Phi) is 4.62. The average Bonchev–Trinajstić information content (AvgIpc) is 2.90. The minimum atomic E-state index is -0.213. The van der Waals surface area contributed by atoms with Gasteiger partial charge >= 0.3 is 0 Å². The molecule has 7 heteroatoms. The highest BCUT2D eigenvalue weighted by Crippen LogP contribution is 2.09. The lowest BCUT2D eigenvalue weighted by atomic mass is 10.2. The molecule has 2 aromatic heterocycles. The van der Waals surface area contributed by atoms with E-state index in [9.17, 15) is 9.59 Å². The van der Waals surface area contributed by atoms with Crippen LogP contribution < -0.4 is 10.9 Å². The molecular weight excluding hydrogens is 276 g/mol. The van der Waals surface area contributed by atoms with Gasteiger partial charge in [0.1, 0.15) is 0 Å². The number of thiazole rings is 1. The van der Waals surface area contributed by atoms with Crippen LogP contribution in [0.25, 0.3) is 0 Å². The van der Waals surface area contributed by atoms with Gasteiger partial charge < -0.3 is 10.3 Å². The summed E-state index contributed by atoms with van der Waals surface area (Å²) in [6.07, 6.45) is 2.31. The Morgan fingerprint density at radius 2 is 2.30 bits per heavy atom. The summed E-state index contributed by atoms with van der Waals surface area (Å²) in [4.78, 5) is 34.1. The van der Waals surface area contributed by atoms with Crippen molar-refractivity contribution in [1.82, 2.24) is 20.3 Å². The van der Waals surface area contributed by atoms with E-state index in [-0.39, 0.29) is 17.9 Å². The molecule has 2 heterocycles. The number of carbonyl (C=O) groups excluding carboxylic acids is 1. The van der Waals surface area contributed by atoms with E-state index in [1.807, 2.05) is 12.3 Å². The maximum absolute atomic E-state index is 11.8. The fourth-order valence-corrected chi connectivity index (χ4v) is 2.42. The zero-order valence-corrected chi connectivity index (χ0v) is 12.2. The van der Waals surface area contributed by atoms with Crippen molar-refractivity contribution >= 4 is 17.2 Å². The van der Waals surface area contributed by atoms with E-state index in [0.29, 0.717) is 17.8 Å². The third kappa shape index (κ3) is 3.51. The fraction of sp³-hybridized carbons (Fsp3) is 0.385. The summed E-state index contributed by atoms with van der Waals surface area (Å²) < 4.78 is 0. The second-order valence-corrected chi connectivity index (χ2v) is 5.29. The Labute approximate surface area is 120 Å². The Morgan fingerprint density at radius 3 is 3.00 bits per heavy atom. The first-order valence-corrected chi connectivity index (χ1v) is 7.21. The lowest BCUT2D eigenvalue weighted by Gasteiger charge is -2.04. The van der Waals surface area contributed by atoms with Crippen molar-refractivity contribution in [2.75, 3.05) is 0 Å². The summed E-state index contributed by atoms with van der Waals surface area (Å²) in [5.74, 6) is -0.169. The van der Waals surface area contributed by atoms with Crippen LogP contribution in [0.15, 0.2) is 16.5 Å².